The van der Waals surface area contributed by atoms with Crippen molar-refractivity contribution in [2.45, 2.75) is 130 Å². The molecule has 4 rings (SSSR count). The van der Waals surface area contributed by atoms with Gasteiger partial charge in [0.05, 0.1) is 12.2 Å². The highest BCUT2D eigenvalue weighted by Crippen LogP contribution is 2.41. The van der Waals surface area contributed by atoms with Crippen LogP contribution < -0.4 is 0 Å². The van der Waals surface area contributed by atoms with E-state index in [1.165, 1.54) is 22.3 Å². The summed E-state index contributed by atoms with van der Waals surface area (Å²) in [5, 5.41) is 23.5. The van der Waals surface area contributed by atoms with Crippen LogP contribution in [0.3, 0.4) is 0 Å². The van der Waals surface area contributed by atoms with Crippen molar-refractivity contribution in [1.82, 2.24) is 0 Å². The molecule has 0 aromatic heterocycles. The molecule has 0 heterocycles. The Morgan fingerprint density at radius 1 is 0.460 bits per heavy atom. The van der Waals surface area contributed by atoms with Crippen molar-refractivity contribution >= 4 is 0 Å². The van der Waals surface area contributed by atoms with Gasteiger partial charge in [0.1, 0.15) is 11.5 Å². The minimum absolute atomic E-state index is 0.0385. The van der Waals surface area contributed by atoms with Crippen LogP contribution in [0.2, 0.25) is 0 Å². The summed E-state index contributed by atoms with van der Waals surface area (Å²) >= 11 is 0. The molecule has 0 amide bonds. The van der Waals surface area contributed by atoms with Gasteiger partial charge in [-0.1, -0.05) is 156 Å². The van der Waals surface area contributed by atoms with Crippen molar-refractivity contribution in [2.75, 3.05) is 14.2 Å². The maximum Gasteiger partial charge on any atom is 0.126 e. The van der Waals surface area contributed by atoms with Gasteiger partial charge in [-0.3, -0.25) is 0 Å². The molecule has 0 bridgehead atoms. The molecule has 0 radical (unpaired) electrons. The Morgan fingerprint density at radius 3 is 0.980 bits per heavy atom. The molecule has 0 aliphatic carbocycles. The van der Waals surface area contributed by atoms with Gasteiger partial charge in [0.15, 0.2) is 0 Å². The van der Waals surface area contributed by atoms with Crippen LogP contribution in [0.1, 0.15) is 116 Å². The lowest BCUT2D eigenvalue weighted by Crippen LogP contribution is -2.34. The number of phenolic OH excluding ortho intramolecular Hbond substituents is 2. The number of hydrogen-bond donors (Lipinski definition) is 2. The zero-order valence-corrected chi connectivity index (χ0v) is 33.2. The van der Waals surface area contributed by atoms with Gasteiger partial charge < -0.3 is 19.7 Å². The second-order valence-electron chi connectivity index (χ2n) is 18.2. The van der Waals surface area contributed by atoms with E-state index in [4.69, 9.17) is 9.47 Å². The van der Waals surface area contributed by atoms with Crippen LogP contribution >= 0.6 is 0 Å². The fourth-order valence-corrected chi connectivity index (χ4v) is 6.44. The summed E-state index contributed by atoms with van der Waals surface area (Å²) in [6.45, 7) is 26.7. The number of methoxy groups -OCH3 is 2. The Hall–Kier alpha value is -3.60. The topological polar surface area (TPSA) is 58.9 Å². The summed E-state index contributed by atoms with van der Waals surface area (Å²) in [6.07, 6.45) is 0.157. The molecule has 2 unspecified atom stereocenters. The standard InChI is InChI=1S/C46H62O4/c1-43(2,3)33-21-31(22-34(27-33)44(4,5)6)37-19-15-17-29(41(37)47)25-39(49-13)40(50-14)26-30-18-16-20-38(42(30)48)32-23-35(45(7,8)9)28-36(24-32)46(10,11)12/h15-24,27-28,39-40,47-48H,25-26H2,1-14H3. The number of hydrogen-bond acceptors (Lipinski definition) is 4. The van der Waals surface area contributed by atoms with Crippen molar-refractivity contribution < 1.29 is 19.7 Å². The Bertz CT molecular complexity index is 1590. The van der Waals surface area contributed by atoms with E-state index in [0.29, 0.717) is 12.8 Å². The van der Waals surface area contributed by atoms with Crippen LogP contribution in [-0.2, 0) is 44.0 Å². The zero-order chi connectivity index (χ0) is 37.4. The van der Waals surface area contributed by atoms with Crippen molar-refractivity contribution in [3.63, 3.8) is 0 Å². The minimum Gasteiger partial charge on any atom is -0.507 e. The molecule has 50 heavy (non-hydrogen) atoms. The van der Waals surface area contributed by atoms with Gasteiger partial charge in [-0.25, -0.2) is 0 Å². The first-order valence-corrected chi connectivity index (χ1v) is 18.0. The summed E-state index contributed by atoms with van der Waals surface area (Å²) in [4.78, 5) is 0. The fraction of sp³-hybridized carbons (Fsp3) is 0.478. The molecule has 0 spiro atoms. The van der Waals surface area contributed by atoms with E-state index in [1.807, 2.05) is 36.4 Å². The third-order valence-corrected chi connectivity index (χ3v) is 10.1. The van der Waals surface area contributed by atoms with Crippen LogP contribution in [0.25, 0.3) is 22.3 Å². The summed E-state index contributed by atoms with van der Waals surface area (Å²) in [6, 6.07) is 25.3. The highest BCUT2D eigenvalue weighted by atomic mass is 16.5. The third-order valence-electron chi connectivity index (χ3n) is 10.1. The molecule has 0 aliphatic heterocycles. The average Bonchev–Trinajstić information content (AvgIpc) is 3.02. The normalized spacial score (nSPS) is 14.1. The first kappa shape index (κ1) is 39.2. The Balaban J connectivity index is 1.69. The maximum atomic E-state index is 11.7. The van der Waals surface area contributed by atoms with Gasteiger partial charge in [0.2, 0.25) is 0 Å². The number of ether oxygens (including phenoxy) is 2. The van der Waals surface area contributed by atoms with Gasteiger partial charge in [-0.15, -0.1) is 0 Å². The quantitative estimate of drug-likeness (QED) is 0.185. The highest BCUT2D eigenvalue weighted by molar-refractivity contribution is 5.75. The monoisotopic (exact) mass is 678 g/mol. The molecule has 4 heteroatoms. The van der Waals surface area contributed by atoms with Gasteiger partial charge in [0.25, 0.3) is 0 Å². The van der Waals surface area contributed by atoms with Crippen LogP contribution in [0, 0.1) is 0 Å². The van der Waals surface area contributed by atoms with Crippen LogP contribution in [-0.4, -0.2) is 36.6 Å². The lowest BCUT2D eigenvalue weighted by molar-refractivity contribution is -0.0350. The summed E-state index contributed by atoms with van der Waals surface area (Å²) in [5.41, 5.74) is 10.0. The Morgan fingerprint density at radius 2 is 0.740 bits per heavy atom. The first-order chi connectivity index (χ1) is 23.0. The smallest absolute Gasteiger partial charge is 0.126 e. The van der Waals surface area contributed by atoms with E-state index in [-0.39, 0.29) is 45.4 Å². The highest BCUT2D eigenvalue weighted by Gasteiger charge is 2.28. The van der Waals surface area contributed by atoms with E-state index in [9.17, 15) is 10.2 Å². The molecule has 270 valence electrons. The zero-order valence-electron chi connectivity index (χ0n) is 33.2. The van der Waals surface area contributed by atoms with Crippen molar-refractivity contribution in [2.24, 2.45) is 0 Å². The predicted octanol–water partition coefficient (Wildman–Crippen LogP) is 11.4. The molecule has 4 nitrogen and oxygen atoms in total. The molecule has 4 aromatic carbocycles. The molecular formula is C46H62O4. The van der Waals surface area contributed by atoms with Crippen LogP contribution in [0.4, 0.5) is 0 Å². The van der Waals surface area contributed by atoms with E-state index in [2.05, 4.69) is 119 Å². The molecule has 2 atom stereocenters. The molecule has 4 aromatic rings. The lowest BCUT2D eigenvalue weighted by Gasteiger charge is -2.28. The Kier molecular flexibility index (Phi) is 11.4. The van der Waals surface area contributed by atoms with Gasteiger partial charge >= 0.3 is 0 Å². The first-order valence-electron chi connectivity index (χ1n) is 18.0. The largest absolute Gasteiger partial charge is 0.507 e. The van der Waals surface area contributed by atoms with E-state index in [0.717, 1.165) is 33.4 Å². The maximum absolute atomic E-state index is 11.7. The Labute approximate surface area is 302 Å². The number of para-hydroxylation sites is 2. The third kappa shape index (κ3) is 9.00. The van der Waals surface area contributed by atoms with Gasteiger partial charge in [0, 0.05) is 38.2 Å². The second kappa shape index (κ2) is 14.6. The van der Waals surface area contributed by atoms with Crippen molar-refractivity contribution in [3.05, 3.63) is 106 Å². The van der Waals surface area contributed by atoms with Crippen molar-refractivity contribution in [1.29, 1.82) is 0 Å². The molecule has 0 fully saturated rings. The number of rotatable bonds is 9. The average molecular weight is 679 g/mol. The molecular weight excluding hydrogens is 617 g/mol. The predicted molar refractivity (Wildman–Crippen MR) is 211 cm³/mol. The number of benzene rings is 4. The van der Waals surface area contributed by atoms with Crippen LogP contribution in [0.5, 0.6) is 11.5 Å². The molecule has 0 saturated heterocycles. The summed E-state index contributed by atoms with van der Waals surface area (Å²) in [7, 11) is 3.37. The van der Waals surface area contributed by atoms with E-state index < -0.39 is 0 Å². The summed E-state index contributed by atoms with van der Waals surface area (Å²) < 4.78 is 12.1. The van der Waals surface area contributed by atoms with Crippen molar-refractivity contribution in [3.8, 4) is 33.8 Å². The van der Waals surface area contributed by atoms with Gasteiger partial charge in [-0.2, -0.15) is 0 Å². The molecule has 0 saturated carbocycles. The second-order valence-corrected chi connectivity index (χ2v) is 18.2. The molecule has 2 N–H and O–H groups in total. The lowest BCUT2D eigenvalue weighted by atomic mass is 9.78. The van der Waals surface area contributed by atoms with E-state index in [1.54, 1.807) is 14.2 Å². The minimum atomic E-state index is -0.369. The number of aromatic hydroxyl groups is 2. The SMILES string of the molecule is COC(Cc1cccc(-c2cc(C(C)(C)C)cc(C(C)(C)C)c2)c1O)C(Cc1cccc(-c2cc(C(C)(C)C)cc(C(C)(C)C)c2)c1O)OC. The fourth-order valence-electron chi connectivity index (χ4n) is 6.44. The van der Waals surface area contributed by atoms with Crippen LogP contribution in [0.15, 0.2) is 72.8 Å². The summed E-state index contributed by atoms with van der Waals surface area (Å²) in [5.74, 6) is 0.516. The molecule has 0 aliphatic rings. The van der Waals surface area contributed by atoms with E-state index >= 15 is 0 Å². The van der Waals surface area contributed by atoms with Gasteiger partial charge in [-0.05, 0) is 66.2 Å². The number of phenols is 2.